The van der Waals surface area contributed by atoms with Crippen LogP contribution in [-0.2, 0) is 24.8 Å². The summed E-state index contributed by atoms with van der Waals surface area (Å²) in [6.07, 6.45) is 6.51. The molecule has 0 aliphatic carbocycles. The highest BCUT2D eigenvalue weighted by Crippen LogP contribution is 2.34. The zero-order valence-corrected chi connectivity index (χ0v) is 18.0. The van der Waals surface area contributed by atoms with Crippen LogP contribution in [0.15, 0.2) is 49.4 Å². The smallest absolute Gasteiger partial charge is 0.221 e. The monoisotopic (exact) mass is 413 g/mol. The van der Waals surface area contributed by atoms with Gasteiger partial charge in [0, 0.05) is 56.3 Å². The van der Waals surface area contributed by atoms with Crippen LogP contribution in [-0.4, -0.2) is 37.2 Å². The number of allylic oxidation sites excluding steroid dienone is 1. The third kappa shape index (κ3) is 3.22. The quantitative estimate of drug-likeness (QED) is 0.524. The van der Waals surface area contributed by atoms with Crippen molar-refractivity contribution in [2.45, 2.75) is 26.8 Å². The van der Waals surface area contributed by atoms with Gasteiger partial charge in [-0.05, 0) is 18.0 Å². The summed E-state index contributed by atoms with van der Waals surface area (Å²) in [6, 6.07) is 8.37. The number of aromatic amines is 1. The standard InChI is InChI=1S/C24H24N6O/c1-15(2)30-23-8-9-29(16(3)31)14-21(23)24(27-30)19-7-5-6-17-10-22(25-12-20(17)19)18-11-26-28(4)13-18/h5-7,10-13H,1,8-9,14H2,2-4H3/p+1. The number of benzene rings is 1. The number of aryl methyl sites for hydroxylation is 1. The molecule has 0 unspecified atom stereocenters. The Morgan fingerprint density at radius 3 is 2.81 bits per heavy atom. The number of carbonyl (C=O) groups excluding carboxylic acids is 1. The number of hydrogen-bond acceptors (Lipinski definition) is 3. The molecule has 4 heterocycles. The molecule has 0 bridgehead atoms. The van der Waals surface area contributed by atoms with Gasteiger partial charge in [-0.1, -0.05) is 22.9 Å². The zero-order chi connectivity index (χ0) is 21.7. The Morgan fingerprint density at radius 2 is 2.10 bits per heavy atom. The van der Waals surface area contributed by atoms with Crippen LogP contribution in [0.25, 0.3) is 39.0 Å². The zero-order valence-electron chi connectivity index (χ0n) is 18.0. The minimum absolute atomic E-state index is 0.0976. The molecule has 1 aliphatic heterocycles. The number of pyridine rings is 1. The van der Waals surface area contributed by atoms with Gasteiger partial charge < -0.3 is 4.90 Å². The first-order chi connectivity index (χ1) is 14.9. The lowest BCUT2D eigenvalue weighted by Crippen LogP contribution is -2.42. The van der Waals surface area contributed by atoms with Crippen LogP contribution in [0.1, 0.15) is 25.1 Å². The van der Waals surface area contributed by atoms with Gasteiger partial charge in [0.15, 0.2) is 0 Å². The minimum atomic E-state index is 0.0976. The molecule has 0 spiro atoms. The molecular formula is C24H25N6O+. The van der Waals surface area contributed by atoms with Gasteiger partial charge >= 0.3 is 0 Å². The van der Waals surface area contributed by atoms with E-state index in [-0.39, 0.29) is 5.91 Å². The Bertz CT molecular complexity index is 1350. The van der Waals surface area contributed by atoms with E-state index in [4.69, 9.17) is 4.98 Å². The molecule has 7 nitrogen and oxygen atoms in total. The molecule has 31 heavy (non-hydrogen) atoms. The van der Waals surface area contributed by atoms with Gasteiger partial charge in [0.25, 0.3) is 0 Å². The Kier molecular flexibility index (Phi) is 4.46. The Hall–Kier alpha value is -3.74. The van der Waals surface area contributed by atoms with E-state index in [1.807, 2.05) is 37.5 Å². The van der Waals surface area contributed by atoms with E-state index < -0.39 is 0 Å². The molecule has 0 atom stereocenters. The third-order valence-electron chi connectivity index (χ3n) is 5.97. The van der Waals surface area contributed by atoms with Crippen LogP contribution in [0, 0.1) is 0 Å². The van der Waals surface area contributed by atoms with E-state index in [1.165, 1.54) is 5.69 Å². The van der Waals surface area contributed by atoms with Crippen molar-refractivity contribution in [2.24, 2.45) is 7.05 Å². The third-order valence-corrected chi connectivity index (χ3v) is 5.97. The lowest BCUT2D eigenvalue weighted by molar-refractivity contribution is -0.649. The topological polar surface area (TPSA) is 70.7 Å². The number of amides is 1. The summed E-state index contributed by atoms with van der Waals surface area (Å²) in [5.41, 5.74) is 7.24. The Labute approximate surface area is 180 Å². The fourth-order valence-corrected chi connectivity index (χ4v) is 4.39. The van der Waals surface area contributed by atoms with Crippen LogP contribution >= 0.6 is 0 Å². The summed E-state index contributed by atoms with van der Waals surface area (Å²) in [4.78, 5) is 18.7. The van der Waals surface area contributed by atoms with Crippen LogP contribution in [0.2, 0.25) is 0 Å². The molecule has 7 heteroatoms. The van der Waals surface area contributed by atoms with E-state index >= 15 is 0 Å². The van der Waals surface area contributed by atoms with Gasteiger partial charge in [-0.25, -0.2) is 0 Å². The van der Waals surface area contributed by atoms with Crippen molar-refractivity contribution in [3.05, 3.63) is 60.7 Å². The number of carbonyl (C=O) groups is 1. The summed E-state index contributed by atoms with van der Waals surface area (Å²) in [7, 11) is 1.90. The molecule has 5 rings (SSSR count). The first-order valence-electron chi connectivity index (χ1n) is 10.4. The van der Waals surface area contributed by atoms with E-state index in [1.54, 1.807) is 11.6 Å². The predicted molar refractivity (Wildman–Crippen MR) is 120 cm³/mol. The van der Waals surface area contributed by atoms with Crippen LogP contribution in [0.4, 0.5) is 0 Å². The van der Waals surface area contributed by atoms with Crippen LogP contribution < -0.4 is 4.68 Å². The second-order valence-electron chi connectivity index (χ2n) is 8.17. The number of nitrogens with zero attached hydrogens (tertiary/aromatic N) is 5. The highest BCUT2D eigenvalue weighted by atomic mass is 16.2. The van der Waals surface area contributed by atoms with E-state index in [0.29, 0.717) is 6.54 Å². The van der Waals surface area contributed by atoms with Gasteiger partial charge in [-0.15, -0.1) is 0 Å². The van der Waals surface area contributed by atoms with Gasteiger partial charge in [0.2, 0.25) is 17.3 Å². The van der Waals surface area contributed by atoms with E-state index in [2.05, 4.69) is 45.7 Å². The summed E-state index contributed by atoms with van der Waals surface area (Å²) in [5, 5.41) is 9.97. The first-order valence-corrected chi connectivity index (χ1v) is 10.4. The molecule has 0 saturated heterocycles. The summed E-state index contributed by atoms with van der Waals surface area (Å²) in [6.45, 7) is 9.07. The molecule has 4 aromatic rings. The number of aromatic nitrogens is 5. The van der Waals surface area contributed by atoms with E-state index in [9.17, 15) is 4.79 Å². The molecule has 1 aromatic carbocycles. The van der Waals surface area contributed by atoms with Crippen molar-refractivity contribution < 1.29 is 9.48 Å². The fraction of sp³-hybridized carbons (Fsp3) is 0.250. The minimum Gasteiger partial charge on any atom is -0.338 e. The lowest BCUT2D eigenvalue weighted by atomic mass is 9.97. The van der Waals surface area contributed by atoms with Gasteiger partial charge in [-0.3, -0.25) is 14.5 Å². The second kappa shape index (κ2) is 7.19. The molecule has 1 aliphatic rings. The molecule has 1 N–H and O–H groups in total. The van der Waals surface area contributed by atoms with E-state index in [0.717, 1.165) is 57.5 Å². The Balaban J connectivity index is 1.67. The maximum absolute atomic E-state index is 12.1. The number of rotatable bonds is 3. The maximum Gasteiger partial charge on any atom is 0.221 e. The number of hydrogen-bond donors (Lipinski definition) is 1. The molecule has 0 radical (unpaired) electrons. The van der Waals surface area contributed by atoms with Crippen LogP contribution in [0.5, 0.6) is 0 Å². The summed E-state index contributed by atoms with van der Waals surface area (Å²) < 4.78 is 3.83. The average Bonchev–Trinajstić information content (AvgIpc) is 3.36. The number of nitrogens with one attached hydrogen (secondary N) is 1. The largest absolute Gasteiger partial charge is 0.338 e. The molecule has 3 aromatic heterocycles. The van der Waals surface area contributed by atoms with Crippen molar-refractivity contribution in [1.82, 2.24) is 24.8 Å². The molecular weight excluding hydrogens is 388 g/mol. The van der Waals surface area contributed by atoms with Gasteiger partial charge in [-0.2, -0.15) is 10.2 Å². The van der Waals surface area contributed by atoms with Crippen molar-refractivity contribution in [3.8, 4) is 22.5 Å². The van der Waals surface area contributed by atoms with Crippen molar-refractivity contribution in [1.29, 1.82) is 0 Å². The van der Waals surface area contributed by atoms with Gasteiger partial charge in [0.05, 0.1) is 30.4 Å². The maximum atomic E-state index is 12.1. The molecule has 0 fully saturated rings. The van der Waals surface area contributed by atoms with Gasteiger partial charge in [0.1, 0.15) is 5.69 Å². The average molecular weight is 414 g/mol. The first kappa shape index (κ1) is 19.2. The second-order valence-corrected chi connectivity index (χ2v) is 8.17. The summed E-state index contributed by atoms with van der Waals surface area (Å²) >= 11 is 0. The lowest BCUT2D eigenvalue weighted by Gasteiger charge is -2.24. The number of fused-ring (bicyclic) bond motifs is 2. The SMILES string of the molecule is C=C(C)[n+]1[nH]c(-c2cccc3cc(-c4cnn(C)c4)ncc23)c2c1CCN(C(C)=O)C2. The fourth-order valence-electron chi connectivity index (χ4n) is 4.39. The molecule has 0 saturated carbocycles. The van der Waals surface area contributed by atoms with Crippen LogP contribution in [0.3, 0.4) is 0 Å². The molecule has 156 valence electrons. The predicted octanol–water partition coefficient (Wildman–Crippen LogP) is 3.31. The Morgan fingerprint density at radius 1 is 1.26 bits per heavy atom. The summed E-state index contributed by atoms with van der Waals surface area (Å²) in [5.74, 6) is 0.0976. The number of H-pyrrole nitrogens is 1. The van der Waals surface area contributed by atoms with Crippen molar-refractivity contribution in [2.75, 3.05) is 6.54 Å². The molecule has 1 amide bonds. The van der Waals surface area contributed by atoms with Crippen molar-refractivity contribution in [3.63, 3.8) is 0 Å². The highest BCUT2D eigenvalue weighted by Gasteiger charge is 2.33. The highest BCUT2D eigenvalue weighted by molar-refractivity contribution is 5.97. The normalized spacial score (nSPS) is 13.5. The van der Waals surface area contributed by atoms with Crippen molar-refractivity contribution >= 4 is 22.4 Å².